The number of anilines is 1. The van der Waals surface area contributed by atoms with Crippen LogP contribution < -0.4 is 15.5 Å². The maximum atomic E-state index is 12.1. The van der Waals surface area contributed by atoms with Crippen LogP contribution >= 0.6 is 0 Å². The summed E-state index contributed by atoms with van der Waals surface area (Å²) in [6.07, 6.45) is 1.63. The maximum Gasteiger partial charge on any atom is 0.275 e. The number of nitrogens with one attached hydrogen (secondary N) is 2. The molecule has 0 aliphatic rings. The van der Waals surface area contributed by atoms with E-state index in [0.29, 0.717) is 22.8 Å². The number of carbonyl (C=O) groups excluding carboxylic acids is 2. The van der Waals surface area contributed by atoms with Crippen LogP contribution in [0.3, 0.4) is 0 Å². The first-order valence-electron chi connectivity index (χ1n) is 7.27. The van der Waals surface area contributed by atoms with Gasteiger partial charge in [0.1, 0.15) is 11.6 Å². The quantitative estimate of drug-likeness (QED) is 0.629. The Morgan fingerprint density at radius 3 is 2.62 bits per heavy atom. The summed E-state index contributed by atoms with van der Waals surface area (Å²) in [5.74, 6) is 0.252. The predicted octanol–water partition coefficient (Wildman–Crippen LogP) is 2.22. The van der Waals surface area contributed by atoms with Gasteiger partial charge < -0.3 is 10.1 Å². The molecule has 2 N–H and O–H groups in total. The van der Waals surface area contributed by atoms with Crippen molar-refractivity contribution in [1.82, 2.24) is 10.4 Å². The molecule has 0 unspecified atom stereocenters. The molecular formula is C17H18N4O3. The van der Waals surface area contributed by atoms with Gasteiger partial charge in [-0.3, -0.25) is 9.59 Å². The molecule has 24 heavy (non-hydrogen) atoms. The summed E-state index contributed by atoms with van der Waals surface area (Å²) in [5.41, 5.74) is 3.25. The highest BCUT2D eigenvalue weighted by Crippen LogP contribution is 2.16. The Morgan fingerprint density at radius 2 is 1.92 bits per heavy atom. The Labute approximate surface area is 139 Å². The molecule has 7 nitrogen and oxygen atoms in total. The zero-order chi connectivity index (χ0) is 17.4. The van der Waals surface area contributed by atoms with Crippen LogP contribution in [0.2, 0.25) is 0 Å². The van der Waals surface area contributed by atoms with Crippen LogP contribution in [-0.2, 0) is 4.79 Å². The van der Waals surface area contributed by atoms with E-state index in [0.717, 1.165) is 0 Å². The Hall–Kier alpha value is -3.22. The molecule has 0 aliphatic carbocycles. The van der Waals surface area contributed by atoms with Crippen molar-refractivity contribution in [3.8, 4) is 5.75 Å². The minimum Gasteiger partial charge on any atom is -0.496 e. The SMILES string of the molecule is COc1ccccc1C(=O)NN=C(C)CC(=O)Nc1ccccn1. The lowest BCUT2D eigenvalue weighted by Gasteiger charge is -2.07. The number of hydrogen-bond acceptors (Lipinski definition) is 5. The van der Waals surface area contributed by atoms with Crippen LogP contribution in [0.25, 0.3) is 0 Å². The van der Waals surface area contributed by atoms with Gasteiger partial charge in [-0.2, -0.15) is 5.10 Å². The first-order valence-corrected chi connectivity index (χ1v) is 7.27. The molecule has 0 spiro atoms. The van der Waals surface area contributed by atoms with Crippen molar-refractivity contribution in [2.75, 3.05) is 12.4 Å². The number of rotatable bonds is 6. The summed E-state index contributed by atoms with van der Waals surface area (Å²) >= 11 is 0. The second-order valence-electron chi connectivity index (χ2n) is 4.93. The third-order valence-corrected chi connectivity index (χ3v) is 3.05. The van der Waals surface area contributed by atoms with Crippen LogP contribution in [0, 0.1) is 0 Å². The van der Waals surface area contributed by atoms with E-state index in [1.54, 1.807) is 55.6 Å². The van der Waals surface area contributed by atoms with E-state index in [4.69, 9.17) is 4.74 Å². The van der Waals surface area contributed by atoms with Crippen LogP contribution in [0.1, 0.15) is 23.7 Å². The lowest BCUT2D eigenvalue weighted by Crippen LogP contribution is -2.22. The number of ether oxygens (including phenoxy) is 1. The number of benzene rings is 1. The van der Waals surface area contributed by atoms with Gasteiger partial charge in [-0.25, -0.2) is 10.4 Å². The third-order valence-electron chi connectivity index (χ3n) is 3.05. The number of amides is 2. The number of hydrazone groups is 1. The summed E-state index contributed by atoms with van der Waals surface area (Å²) in [4.78, 5) is 28.0. The van der Waals surface area contributed by atoms with Crippen molar-refractivity contribution in [3.05, 3.63) is 54.2 Å². The molecule has 0 bridgehead atoms. The first-order chi connectivity index (χ1) is 11.6. The van der Waals surface area contributed by atoms with Crippen molar-refractivity contribution in [3.63, 3.8) is 0 Å². The predicted molar refractivity (Wildman–Crippen MR) is 91.1 cm³/mol. The van der Waals surface area contributed by atoms with E-state index in [1.165, 1.54) is 7.11 Å². The Kier molecular flexibility index (Phi) is 6.01. The van der Waals surface area contributed by atoms with Crippen LogP contribution in [-0.4, -0.2) is 29.6 Å². The molecule has 1 heterocycles. The van der Waals surface area contributed by atoms with E-state index in [-0.39, 0.29) is 12.3 Å². The number of methoxy groups -OCH3 is 1. The van der Waals surface area contributed by atoms with Gasteiger partial charge in [0, 0.05) is 11.9 Å². The zero-order valence-electron chi connectivity index (χ0n) is 13.4. The summed E-state index contributed by atoms with van der Waals surface area (Å²) < 4.78 is 5.12. The van der Waals surface area contributed by atoms with Gasteiger partial charge in [0.25, 0.3) is 5.91 Å². The van der Waals surface area contributed by atoms with Crippen molar-refractivity contribution in [2.24, 2.45) is 5.10 Å². The molecule has 0 fully saturated rings. The van der Waals surface area contributed by atoms with Gasteiger partial charge in [-0.1, -0.05) is 18.2 Å². The van der Waals surface area contributed by atoms with Gasteiger partial charge in [0.05, 0.1) is 19.1 Å². The number of aromatic nitrogens is 1. The summed E-state index contributed by atoms with van der Waals surface area (Å²) in [7, 11) is 1.49. The number of hydrogen-bond donors (Lipinski definition) is 2. The van der Waals surface area contributed by atoms with Gasteiger partial charge in [-0.15, -0.1) is 0 Å². The highest BCUT2D eigenvalue weighted by atomic mass is 16.5. The second-order valence-corrected chi connectivity index (χ2v) is 4.93. The second kappa shape index (κ2) is 8.42. The molecule has 7 heteroatoms. The fraction of sp³-hybridized carbons (Fsp3) is 0.176. The van der Waals surface area contributed by atoms with E-state index in [2.05, 4.69) is 20.8 Å². The molecule has 0 radical (unpaired) electrons. The fourth-order valence-corrected chi connectivity index (χ4v) is 1.93. The molecule has 0 saturated heterocycles. The van der Waals surface area contributed by atoms with Crippen molar-refractivity contribution >= 4 is 23.3 Å². The molecule has 2 aromatic rings. The normalized spacial score (nSPS) is 10.8. The Balaban J connectivity index is 1.91. The van der Waals surface area contributed by atoms with Gasteiger partial charge in [0.15, 0.2) is 0 Å². The number of pyridine rings is 1. The molecule has 2 amide bonds. The zero-order valence-corrected chi connectivity index (χ0v) is 13.4. The Morgan fingerprint density at radius 1 is 1.17 bits per heavy atom. The van der Waals surface area contributed by atoms with Crippen molar-refractivity contribution in [2.45, 2.75) is 13.3 Å². The third kappa shape index (κ3) is 4.91. The van der Waals surface area contributed by atoms with Crippen molar-refractivity contribution < 1.29 is 14.3 Å². The smallest absolute Gasteiger partial charge is 0.275 e. The molecule has 0 atom stereocenters. The van der Waals surface area contributed by atoms with Crippen LogP contribution in [0.15, 0.2) is 53.8 Å². The largest absolute Gasteiger partial charge is 0.496 e. The van der Waals surface area contributed by atoms with Gasteiger partial charge >= 0.3 is 0 Å². The lowest BCUT2D eigenvalue weighted by molar-refractivity contribution is -0.115. The van der Waals surface area contributed by atoms with E-state index < -0.39 is 5.91 Å². The van der Waals surface area contributed by atoms with Crippen molar-refractivity contribution in [1.29, 1.82) is 0 Å². The average molecular weight is 326 g/mol. The standard InChI is InChI=1S/C17H18N4O3/c1-12(11-16(22)19-15-9-5-6-10-18-15)20-21-17(23)13-7-3-4-8-14(13)24-2/h3-10H,11H2,1-2H3,(H,21,23)(H,18,19,22). The number of nitrogens with zero attached hydrogens (tertiary/aromatic N) is 2. The molecule has 1 aromatic carbocycles. The van der Waals surface area contributed by atoms with E-state index >= 15 is 0 Å². The lowest BCUT2D eigenvalue weighted by atomic mass is 10.2. The van der Waals surface area contributed by atoms with E-state index in [9.17, 15) is 9.59 Å². The maximum absolute atomic E-state index is 12.1. The highest BCUT2D eigenvalue weighted by molar-refractivity contribution is 6.06. The minimum atomic E-state index is -0.406. The van der Waals surface area contributed by atoms with Crippen LogP contribution in [0.5, 0.6) is 5.75 Å². The molecular weight excluding hydrogens is 308 g/mol. The summed E-state index contributed by atoms with van der Waals surface area (Å²) in [6, 6.07) is 12.0. The van der Waals surface area contributed by atoms with Gasteiger partial charge in [-0.05, 0) is 31.2 Å². The van der Waals surface area contributed by atoms with Gasteiger partial charge in [0.2, 0.25) is 5.91 Å². The summed E-state index contributed by atoms with van der Waals surface area (Å²) in [6.45, 7) is 1.65. The summed E-state index contributed by atoms with van der Waals surface area (Å²) in [5, 5.41) is 6.58. The van der Waals surface area contributed by atoms with E-state index in [1.807, 2.05) is 0 Å². The number of carbonyl (C=O) groups is 2. The Bertz CT molecular complexity index is 745. The molecule has 124 valence electrons. The first kappa shape index (κ1) is 17.1. The number of para-hydroxylation sites is 1. The molecule has 0 aliphatic heterocycles. The highest BCUT2D eigenvalue weighted by Gasteiger charge is 2.11. The van der Waals surface area contributed by atoms with Crippen LogP contribution in [0.4, 0.5) is 5.82 Å². The fourth-order valence-electron chi connectivity index (χ4n) is 1.93. The monoisotopic (exact) mass is 326 g/mol. The molecule has 1 aromatic heterocycles. The minimum absolute atomic E-state index is 0.0444. The topological polar surface area (TPSA) is 92.7 Å². The average Bonchev–Trinajstić information content (AvgIpc) is 2.60. The molecule has 0 saturated carbocycles. The molecule has 2 rings (SSSR count).